The molecule has 0 bridgehead atoms. The van der Waals surface area contributed by atoms with E-state index in [1.165, 1.54) is 0 Å². The molecule has 1 saturated carbocycles. The molecule has 4 heteroatoms. The minimum atomic E-state index is -1.23. The quantitative estimate of drug-likeness (QED) is 0.249. The van der Waals surface area contributed by atoms with Gasteiger partial charge in [-0.2, -0.15) is 0 Å². The zero-order chi connectivity index (χ0) is 5.44. The van der Waals surface area contributed by atoms with Crippen LogP contribution in [0.15, 0.2) is 0 Å². The van der Waals surface area contributed by atoms with Gasteiger partial charge in [0.15, 0.2) is 11.6 Å². The standard InChI is InChI=1S/C4H3O3.K/c5-2-1-3(6)4(2)7;/h2H,1H2;/q-1;+1. The Kier molecular flexibility index (Phi) is 3.57. The van der Waals surface area contributed by atoms with Gasteiger partial charge in [0.25, 0.3) is 0 Å². The molecule has 0 aromatic heterocycles. The van der Waals surface area contributed by atoms with Crippen molar-refractivity contribution in [1.82, 2.24) is 0 Å². The molecule has 3 nitrogen and oxygen atoms in total. The maximum absolute atomic E-state index is 9.95. The summed E-state index contributed by atoms with van der Waals surface area (Å²) in [5, 5.41) is 9.95. The maximum atomic E-state index is 9.95. The monoisotopic (exact) mass is 138 g/mol. The maximum Gasteiger partial charge on any atom is 1.00 e. The van der Waals surface area contributed by atoms with Gasteiger partial charge in [0.05, 0.1) is 0 Å². The third-order valence-electron chi connectivity index (χ3n) is 0.938. The Bertz CT molecular complexity index is 131. The number of hydrogen-bond donors (Lipinski definition) is 0. The molecule has 0 radical (unpaired) electrons. The van der Waals surface area contributed by atoms with Gasteiger partial charge in [-0.15, -0.1) is 0 Å². The fraction of sp³-hybridized carbons (Fsp3) is 0.500. The van der Waals surface area contributed by atoms with Crippen molar-refractivity contribution < 1.29 is 66.1 Å². The summed E-state index contributed by atoms with van der Waals surface area (Å²) in [6.45, 7) is 0. The normalized spacial score (nSPS) is 26.4. The van der Waals surface area contributed by atoms with Gasteiger partial charge in [-0.3, -0.25) is 9.59 Å². The van der Waals surface area contributed by atoms with E-state index in [0.29, 0.717) is 0 Å². The molecule has 0 spiro atoms. The first-order chi connectivity index (χ1) is 3.22. The molecule has 38 valence electrons. The summed E-state index contributed by atoms with van der Waals surface area (Å²) in [7, 11) is 0. The van der Waals surface area contributed by atoms with Crippen LogP contribution in [-0.2, 0) is 9.59 Å². The third-order valence-corrected chi connectivity index (χ3v) is 0.938. The van der Waals surface area contributed by atoms with Crippen molar-refractivity contribution in [3.05, 3.63) is 0 Å². The largest absolute Gasteiger partial charge is 1.00 e. The minimum absolute atomic E-state index is 0. The zero-order valence-electron chi connectivity index (χ0n) is 4.51. The van der Waals surface area contributed by atoms with Gasteiger partial charge in [-0.05, 0) is 6.10 Å². The van der Waals surface area contributed by atoms with E-state index in [-0.39, 0.29) is 57.8 Å². The number of ketones is 2. The number of carbonyl (C=O) groups is 2. The van der Waals surface area contributed by atoms with Crippen molar-refractivity contribution in [3.63, 3.8) is 0 Å². The predicted molar refractivity (Wildman–Crippen MR) is 18.4 cm³/mol. The van der Waals surface area contributed by atoms with Gasteiger partial charge in [0, 0.05) is 6.42 Å². The summed E-state index contributed by atoms with van der Waals surface area (Å²) in [6, 6.07) is 0. The van der Waals surface area contributed by atoms with Crippen LogP contribution in [-0.4, -0.2) is 17.7 Å². The summed E-state index contributed by atoms with van der Waals surface area (Å²) in [5.41, 5.74) is 0. The third kappa shape index (κ3) is 1.46. The molecule has 1 aliphatic rings. The molecule has 1 fully saturated rings. The van der Waals surface area contributed by atoms with Gasteiger partial charge in [0.1, 0.15) is 0 Å². The summed E-state index contributed by atoms with van der Waals surface area (Å²) in [6.07, 6.45) is -1.31. The van der Waals surface area contributed by atoms with Crippen LogP contribution in [0.4, 0.5) is 0 Å². The topological polar surface area (TPSA) is 57.2 Å². The SMILES string of the molecule is O=C1CC([O-])C1=O.[K+]. The second-order valence-corrected chi connectivity index (χ2v) is 1.48. The summed E-state index contributed by atoms with van der Waals surface area (Å²) in [4.78, 5) is 19.8. The molecule has 1 rings (SSSR count). The molecule has 0 saturated heterocycles. The van der Waals surface area contributed by atoms with E-state index >= 15 is 0 Å². The molecular weight excluding hydrogens is 135 g/mol. The molecule has 0 heterocycles. The van der Waals surface area contributed by atoms with Gasteiger partial charge in [0.2, 0.25) is 0 Å². The number of Topliss-reactive ketones (excluding diaryl/α,β-unsaturated/α-hetero) is 2. The van der Waals surface area contributed by atoms with Crippen molar-refractivity contribution in [3.8, 4) is 0 Å². The smallest absolute Gasteiger partial charge is 0.846 e. The molecule has 8 heavy (non-hydrogen) atoms. The predicted octanol–water partition coefficient (Wildman–Crippen LogP) is -4.74. The second-order valence-electron chi connectivity index (χ2n) is 1.48. The number of carbonyl (C=O) groups excluding carboxylic acids is 2. The Morgan fingerprint density at radius 1 is 1.50 bits per heavy atom. The van der Waals surface area contributed by atoms with E-state index in [2.05, 4.69) is 0 Å². The van der Waals surface area contributed by atoms with Gasteiger partial charge in [-0.1, -0.05) is 0 Å². The van der Waals surface area contributed by atoms with Crippen LogP contribution in [0.2, 0.25) is 0 Å². The fourth-order valence-corrected chi connectivity index (χ4v) is 0.410. The summed E-state index contributed by atoms with van der Waals surface area (Å²) in [5.74, 6) is -1.26. The molecule has 1 atom stereocenters. The Balaban J connectivity index is 0.000000490. The molecule has 1 unspecified atom stereocenters. The molecule has 0 aliphatic heterocycles. The van der Waals surface area contributed by atoms with Gasteiger partial charge >= 0.3 is 51.4 Å². The van der Waals surface area contributed by atoms with Gasteiger partial charge < -0.3 is 5.11 Å². The molecule has 0 N–H and O–H groups in total. The first-order valence-electron chi connectivity index (χ1n) is 1.94. The number of hydrogen-bond acceptors (Lipinski definition) is 3. The molecule has 0 amide bonds. The van der Waals surface area contributed by atoms with E-state index in [9.17, 15) is 14.7 Å². The van der Waals surface area contributed by atoms with Crippen molar-refractivity contribution in [2.24, 2.45) is 0 Å². The summed E-state index contributed by atoms with van der Waals surface area (Å²) < 4.78 is 0. The van der Waals surface area contributed by atoms with Crippen molar-refractivity contribution in [2.45, 2.75) is 12.5 Å². The van der Waals surface area contributed by atoms with Crippen molar-refractivity contribution >= 4 is 11.6 Å². The zero-order valence-corrected chi connectivity index (χ0v) is 7.63. The Morgan fingerprint density at radius 2 is 2.00 bits per heavy atom. The number of rotatable bonds is 0. The van der Waals surface area contributed by atoms with Crippen molar-refractivity contribution in [1.29, 1.82) is 0 Å². The van der Waals surface area contributed by atoms with Crippen LogP contribution in [0, 0.1) is 0 Å². The fourth-order valence-electron chi connectivity index (χ4n) is 0.410. The second kappa shape index (κ2) is 3.19. The Morgan fingerprint density at radius 3 is 2.00 bits per heavy atom. The first kappa shape index (κ1) is 8.94. The van der Waals surface area contributed by atoms with Crippen LogP contribution < -0.4 is 56.5 Å². The molecular formula is C4H3KO3. The van der Waals surface area contributed by atoms with Crippen LogP contribution in [0.1, 0.15) is 6.42 Å². The first-order valence-corrected chi connectivity index (χ1v) is 1.94. The average Bonchev–Trinajstić information content (AvgIpc) is 1.68. The summed E-state index contributed by atoms with van der Waals surface area (Å²) >= 11 is 0. The van der Waals surface area contributed by atoms with Crippen LogP contribution in [0.5, 0.6) is 0 Å². The molecule has 0 aromatic carbocycles. The van der Waals surface area contributed by atoms with Crippen LogP contribution in [0.25, 0.3) is 0 Å². The molecule has 0 aromatic rings. The van der Waals surface area contributed by atoms with Crippen LogP contribution >= 0.6 is 0 Å². The van der Waals surface area contributed by atoms with E-state index in [1.54, 1.807) is 0 Å². The van der Waals surface area contributed by atoms with E-state index in [1.807, 2.05) is 0 Å². The van der Waals surface area contributed by atoms with Crippen LogP contribution in [0.3, 0.4) is 0 Å². The van der Waals surface area contributed by atoms with Gasteiger partial charge in [-0.25, -0.2) is 0 Å². The van der Waals surface area contributed by atoms with E-state index in [4.69, 9.17) is 0 Å². The average molecular weight is 138 g/mol. The van der Waals surface area contributed by atoms with E-state index < -0.39 is 17.7 Å². The Labute approximate surface area is 88.9 Å². The van der Waals surface area contributed by atoms with Crippen molar-refractivity contribution in [2.75, 3.05) is 0 Å². The minimum Gasteiger partial charge on any atom is -0.846 e. The molecule has 1 aliphatic carbocycles. The van der Waals surface area contributed by atoms with E-state index in [0.717, 1.165) is 0 Å². The Hall–Kier alpha value is 0.936.